The molecule has 0 bridgehead atoms. The van der Waals surface area contributed by atoms with Crippen molar-refractivity contribution in [1.82, 2.24) is 5.32 Å². The highest BCUT2D eigenvalue weighted by molar-refractivity contribution is 7.99. The van der Waals surface area contributed by atoms with Gasteiger partial charge in [0, 0.05) is 17.1 Å². The molecule has 0 aliphatic carbocycles. The summed E-state index contributed by atoms with van der Waals surface area (Å²) < 4.78 is 4.85. The molecular formula is C26H37NO3S. The van der Waals surface area contributed by atoms with E-state index in [1.54, 1.807) is 36.0 Å². The molecule has 0 unspecified atom stereocenters. The summed E-state index contributed by atoms with van der Waals surface area (Å²) in [6.45, 7) is 8.61. The Morgan fingerprint density at radius 1 is 0.968 bits per heavy atom. The minimum atomic E-state index is -0.664. The summed E-state index contributed by atoms with van der Waals surface area (Å²) >= 11 is 1.61. The molecular weight excluding hydrogens is 406 g/mol. The maximum absolute atomic E-state index is 12.3. The molecule has 170 valence electrons. The van der Waals surface area contributed by atoms with Crippen molar-refractivity contribution in [3.05, 3.63) is 70.8 Å². The number of methoxy groups -OCH3 is 1. The van der Waals surface area contributed by atoms with E-state index in [1.807, 2.05) is 6.07 Å². The summed E-state index contributed by atoms with van der Waals surface area (Å²) in [5, 5.41) is 2.78. The van der Waals surface area contributed by atoms with Crippen LogP contribution in [0.25, 0.3) is 0 Å². The lowest BCUT2D eigenvalue weighted by atomic mass is 10.1. The quantitative estimate of drug-likeness (QED) is 0.227. The lowest BCUT2D eigenvalue weighted by Gasteiger charge is -2.16. The molecule has 0 radical (unpaired) electrons. The molecule has 0 spiro atoms. The third-order valence-electron chi connectivity index (χ3n) is 4.78. The molecule has 0 aromatic heterocycles. The highest BCUT2D eigenvalue weighted by atomic mass is 32.2. The van der Waals surface area contributed by atoms with Crippen LogP contribution in [-0.2, 0) is 9.53 Å². The van der Waals surface area contributed by atoms with E-state index in [2.05, 4.69) is 51.2 Å². The Bertz CT molecular complexity index is 777. The van der Waals surface area contributed by atoms with E-state index in [0.29, 0.717) is 11.3 Å². The van der Waals surface area contributed by atoms with Crippen LogP contribution in [0.4, 0.5) is 0 Å². The van der Waals surface area contributed by atoms with E-state index < -0.39 is 12.0 Å². The zero-order chi connectivity index (χ0) is 23.1. The molecule has 1 N–H and O–H groups in total. The van der Waals surface area contributed by atoms with Gasteiger partial charge in [0.25, 0.3) is 5.91 Å². The van der Waals surface area contributed by atoms with Gasteiger partial charge in [0.1, 0.15) is 6.04 Å². The Morgan fingerprint density at radius 3 is 2.19 bits per heavy atom. The SMILES string of the molecule is COC(=O)[C@H](CSC/C=C(\C)CC/C=C(\C)CCC=C(C)C)NC(=O)c1ccccc1. The number of carbonyl (C=O) groups is 2. The number of esters is 1. The van der Waals surface area contributed by atoms with Crippen molar-refractivity contribution in [1.29, 1.82) is 0 Å². The molecule has 1 rings (SSSR count). The summed E-state index contributed by atoms with van der Waals surface area (Å²) in [7, 11) is 1.34. The second kappa shape index (κ2) is 15.5. The van der Waals surface area contributed by atoms with Gasteiger partial charge in [0.05, 0.1) is 7.11 Å². The first kappa shape index (κ1) is 26.8. The molecule has 5 heteroatoms. The molecule has 0 saturated heterocycles. The number of hydrogen-bond donors (Lipinski definition) is 1. The second-order valence-electron chi connectivity index (χ2n) is 7.91. The van der Waals surface area contributed by atoms with Gasteiger partial charge in [-0.15, -0.1) is 0 Å². The van der Waals surface area contributed by atoms with Gasteiger partial charge in [-0.05, 0) is 65.5 Å². The summed E-state index contributed by atoms with van der Waals surface area (Å²) in [4.78, 5) is 24.4. The predicted molar refractivity (Wildman–Crippen MR) is 132 cm³/mol. The number of ether oxygens (including phenoxy) is 1. The number of nitrogens with one attached hydrogen (secondary N) is 1. The fraction of sp³-hybridized carbons (Fsp3) is 0.462. The Balaban J connectivity index is 2.41. The second-order valence-corrected chi connectivity index (χ2v) is 8.99. The van der Waals surface area contributed by atoms with Crippen LogP contribution in [0.1, 0.15) is 63.7 Å². The van der Waals surface area contributed by atoms with Crippen molar-refractivity contribution >= 4 is 23.6 Å². The number of carbonyl (C=O) groups excluding carboxylic acids is 2. The number of benzene rings is 1. The topological polar surface area (TPSA) is 55.4 Å². The molecule has 31 heavy (non-hydrogen) atoms. The number of thioether (sulfide) groups is 1. The maximum Gasteiger partial charge on any atom is 0.329 e. The lowest BCUT2D eigenvalue weighted by molar-refractivity contribution is -0.142. The fourth-order valence-corrected chi connectivity index (χ4v) is 3.86. The van der Waals surface area contributed by atoms with Crippen LogP contribution in [-0.4, -0.2) is 36.5 Å². The van der Waals surface area contributed by atoms with Gasteiger partial charge in [-0.1, -0.05) is 53.1 Å². The Labute approximate surface area is 192 Å². The average Bonchev–Trinajstić information content (AvgIpc) is 2.75. The largest absolute Gasteiger partial charge is 0.467 e. The van der Waals surface area contributed by atoms with Crippen LogP contribution < -0.4 is 5.32 Å². The molecule has 0 aliphatic heterocycles. The summed E-state index contributed by atoms with van der Waals surface area (Å²) in [5.74, 6) is 0.573. The minimum absolute atomic E-state index is 0.268. The van der Waals surface area contributed by atoms with E-state index in [1.165, 1.54) is 23.8 Å². The van der Waals surface area contributed by atoms with Crippen molar-refractivity contribution < 1.29 is 14.3 Å². The van der Waals surface area contributed by atoms with Crippen molar-refractivity contribution in [3.8, 4) is 0 Å². The van der Waals surface area contributed by atoms with Gasteiger partial charge in [-0.3, -0.25) is 4.79 Å². The standard InChI is InChI=1S/C26H37NO3S/c1-20(2)11-9-12-21(3)13-10-14-22(4)17-18-31-19-24(26(29)30-5)27-25(28)23-15-7-6-8-16-23/h6-8,11,13,15-17,24H,9-10,12,14,18-19H2,1-5H3,(H,27,28)/b21-13+,22-17+/t24-/m0/s1. The Kier molecular flexibility index (Phi) is 13.4. The fourth-order valence-electron chi connectivity index (χ4n) is 2.87. The van der Waals surface area contributed by atoms with Crippen molar-refractivity contribution in [2.24, 2.45) is 0 Å². The van der Waals surface area contributed by atoms with Crippen molar-refractivity contribution in [3.63, 3.8) is 0 Å². The Morgan fingerprint density at radius 2 is 1.58 bits per heavy atom. The first-order chi connectivity index (χ1) is 14.8. The summed E-state index contributed by atoms with van der Waals surface area (Å²) in [6, 6.07) is 8.22. The van der Waals surface area contributed by atoms with Gasteiger partial charge >= 0.3 is 5.97 Å². The van der Waals surface area contributed by atoms with Gasteiger partial charge in [-0.25, -0.2) is 4.79 Å². The van der Waals surface area contributed by atoms with Crippen LogP contribution in [0.2, 0.25) is 0 Å². The van der Waals surface area contributed by atoms with Crippen LogP contribution in [0.15, 0.2) is 65.3 Å². The third kappa shape index (κ3) is 12.2. The molecule has 0 fully saturated rings. The summed E-state index contributed by atoms with van der Waals surface area (Å²) in [6.07, 6.45) is 11.1. The molecule has 1 aromatic rings. The summed E-state index contributed by atoms with van der Waals surface area (Å²) in [5.41, 5.74) is 4.68. The zero-order valence-corrected chi connectivity index (χ0v) is 20.4. The minimum Gasteiger partial charge on any atom is -0.467 e. The normalized spacial score (nSPS) is 12.8. The lowest BCUT2D eigenvalue weighted by Crippen LogP contribution is -2.43. The number of rotatable bonds is 13. The van der Waals surface area contributed by atoms with Gasteiger partial charge in [-0.2, -0.15) is 11.8 Å². The van der Waals surface area contributed by atoms with Crippen molar-refractivity contribution in [2.45, 2.75) is 59.4 Å². The highest BCUT2D eigenvalue weighted by Gasteiger charge is 2.21. The molecule has 1 amide bonds. The zero-order valence-electron chi connectivity index (χ0n) is 19.6. The van der Waals surface area contributed by atoms with Crippen LogP contribution in [0.3, 0.4) is 0 Å². The number of allylic oxidation sites excluding steroid dienone is 5. The van der Waals surface area contributed by atoms with Gasteiger partial charge < -0.3 is 10.1 Å². The molecule has 0 aliphatic rings. The van der Waals surface area contributed by atoms with Gasteiger partial charge in [0.15, 0.2) is 0 Å². The van der Waals surface area contributed by atoms with Crippen LogP contribution in [0, 0.1) is 0 Å². The smallest absolute Gasteiger partial charge is 0.329 e. The van der Waals surface area contributed by atoms with E-state index in [-0.39, 0.29) is 5.91 Å². The molecule has 1 atom stereocenters. The van der Waals surface area contributed by atoms with E-state index in [9.17, 15) is 9.59 Å². The number of hydrogen-bond acceptors (Lipinski definition) is 4. The van der Waals surface area contributed by atoms with E-state index in [0.717, 1.165) is 31.4 Å². The first-order valence-electron chi connectivity index (χ1n) is 10.8. The van der Waals surface area contributed by atoms with Crippen molar-refractivity contribution in [2.75, 3.05) is 18.6 Å². The first-order valence-corrected chi connectivity index (χ1v) is 11.9. The average molecular weight is 444 g/mol. The molecule has 4 nitrogen and oxygen atoms in total. The predicted octanol–water partition coefficient (Wildman–Crippen LogP) is 6.11. The number of amides is 1. The third-order valence-corrected chi connectivity index (χ3v) is 5.76. The molecule has 0 saturated carbocycles. The van der Waals surface area contributed by atoms with Crippen LogP contribution in [0.5, 0.6) is 0 Å². The molecule has 0 heterocycles. The van der Waals surface area contributed by atoms with E-state index >= 15 is 0 Å². The highest BCUT2D eigenvalue weighted by Crippen LogP contribution is 2.13. The van der Waals surface area contributed by atoms with E-state index in [4.69, 9.17) is 4.74 Å². The van der Waals surface area contributed by atoms with Gasteiger partial charge in [0.2, 0.25) is 0 Å². The maximum atomic E-state index is 12.3. The molecule has 1 aromatic carbocycles. The monoisotopic (exact) mass is 443 g/mol. The Hall–Kier alpha value is -2.27. The van der Waals surface area contributed by atoms with Crippen LogP contribution >= 0.6 is 11.8 Å².